The normalized spacial score (nSPS) is 13.8. The first-order chi connectivity index (χ1) is 7.91. The van der Waals surface area contributed by atoms with E-state index in [0.29, 0.717) is 11.6 Å². The number of hydrogen-bond acceptors (Lipinski definition) is 1. The van der Waals surface area contributed by atoms with Crippen molar-refractivity contribution in [3.63, 3.8) is 0 Å². The molecule has 0 unspecified atom stereocenters. The lowest BCUT2D eigenvalue weighted by Crippen LogP contribution is -2.54. The van der Waals surface area contributed by atoms with Crippen LogP contribution in [0.25, 0.3) is 0 Å². The lowest BCUT2D eigenvalue weighted by atomic mass is 9.91. The molecule has 1 aromatic carbocycles. The highest BCUT2D eigenvalue weighted by Gasteiger charge is 2.71. The molecule has 1 nitrogen and oxygen atoms in total. The van der Waals surface area contributed by atoms with E-state index in [2.05, 4.69) is 15.9 Å². The van der Waals surface area contributed by atoms with Crippen LogP contribution in [0.4, 0.5) is 26.3 Å². The van der Waals surface area contributed by atoms with Gasteiger partial charge in [-0.3, -0.25) is 0 Å². The molecular weight excluding hydrogens is 330 g/mol. The number of hydrogen-bond donors (Lipinski definition) is 1. The van der Waals surface area contributed by atoms with Gasteiger partial charge in [0.2, 0.25) is 0 Å². The SMILES string of the molecule is Cc1ccc(C(O)(C(F)(F)F)C(F)(F)F)c(Br)c1. The van der Waals surface area contributed by atoms with Crippen LogP contribution in [-0.2, 0) is 5.60 Å². The molecule has 0 spiro atoms. The lowest BCUT2D eigenvalue weighted by molar-refractivity contribution is -0.376. The smallest absolute Gasteiger partial charge is 0.369 e. The van der Waals surface area contributed by atoms with E-state index in [1.807, 2.05) is 0 Å². The van der Waals surface area contributed by atoms with Crippen LogP contribution in [-0.4, -0.2) is 17.5 Å². The maximum absolute atomic E-state index is 12.6. The Morgan fingerprint density at radius 2 is 1.44 bits per heavy atom. The summed E-state index contributed by atoms with van der Waals surface area (Å²) in [6, 6.07) is 2.72. The standard InChI is InChI=1S/C10H7BrF6O/c1-5-2-3-6(7(11)4-5)8(18,9(12,13)14)10(15,16)17/h2-4,18H,1H3. The van der Waals surface area contributed by atoms with Crippen LogP contribution in [0.2, 0.25) is 0 Å². The molecule has 0 radical (unpaired) electrons. The summed E-state index contributed by atoms with van der Waals surface area (Å²) in [5.41, 5.74) is -5.72. The fourth-order valence-corrected chi connectivity index (χ4v) is 2.16. The van der Waals surface area contributed by atoms with Crippen molar-refractivity contribution in [2.24, 2.45) is 0 Å². The molecule has 0 aromatic heterocycles. The largest absolute Gasteiger partial charge is 0.430 e. The average Bonchev–Trinajstić information content (AvgIpc) is 2.12. The van der Waals surface area contributed by atoms with Crippen LogP contribution in [0.15, 0.2) is 22.7 Å². The number of halogens is 7. The van der Waals surface area contributed by atoms with Crippen molar-refractivity contribution >= 4 is 15.9 Å². The highest BCUT2D eigenvalue weighted by molar-refractivity contribution is 9.10. The Labute approximate surface area is 107 Å². The summed E-state index contributed by atoms with van der Waals surface area (Å²) in [7, 11) is 0. The average molecular weight is 337 g/mol. The Morgan fingerprint density at radius 3 is 1.78 bits per heavy atom. The first-order valence-corrected chi connectivity index (χ1v) is 5.33. The van der Waals surface area contributed by atoms with Gasteiger partial charge in [-0.15, -0.1) is 0 Å². The van der Waals surface area contributed by atoms with Gasteiger partial charge in [0, 0.05) is 10.0 Å². The van der Waals surface area contributed by atoms with Gasteiger partial charge < -0.3 is 5.11 Å². The minimum absolute atomic E-state index is 0.456. The predicted octanol–water partition coefficient (Wildman–Crippen LogP) is 4.07. The maximum atomic E-state index is 12.6. The highest BCUT2D eigenvalue weighted by atomic mass is 79.9. The summed E-state index contributed by atoms with van der Waals surface area (Å²) in [6.45, 7) is 1.49. The van der Waals surface area contributed by atoms with Gasteiger partial charge in [0.25, 0.3) is 5.60 Å². The lowest BCUT2D eigenvalue weighted by Gasteiger charge is -2.33. The van der Waals surface area contributed by atoms with Crippen molar-refractivity contribution in [2.75, 3.05) is 0 Å². The molecule has 0 fully saturated rings. The van der Waals surface area contributed by atoms with Crippen molar-refractivity contribution in [1.82, 2.24) is 0 Å². The first kappa shape index (κ1) is 15.3. The van der Waals surface area contributed by atoms with Crippen LogP contribution in [0.5, 0.6) is 0 Å². The zero-order chi connectivity index (χ0) is 14.4. The summed E-state index contributed by atoms with van der Waals surface area (Å²) in [5, 5.41) is 9.15. The molecule has 0 saturated carbocycles. The Bertz CT molecular complexity index is 437. The molecule has 1 N–H and O–H groups in total. The van der Waals surface area contributed by atoms with Gasteiger partial charge in [-0.25, -0.2) is 0 Å². The third kappa shape index (κ3) is 2.35. The van der Waals surface area contributed by atoms with E-state index in [1.54, 1.807) is 0 Å². The van der Waals surface area contributed by atoms with E-state index in [4.69, 9.17) is 5.11 Å². The third-order valence-electron chi connectivity index (χ3n) is 2.33. The summed E-state index contributed by atoms with van der Waals surface area (Å²) >= 11 is 2.61. The van der Waals surface area contributed by atoms with E-state index >= 15 is 0 Å². The topological polar surface area (TPSA) is 20.2 Å². The fraction of sp³-hybridized carbons (Fsp3) is 0.400. The van der Waals surface area contributed by atoms with Gasteiger partial charge in [0.15, 0.2) is 0 Å². The van der Waals surface area contributed by atoms with Gasteiger partial charge in [0.05, 0.1) is 0 Å². The van der Waals surface area contributed by atoms with E-state index < -0.39 is 28.0 Å². The van der Waals surface area contributed by atoms with Crippen LogP contribution < -0.4 is 0 Å². The molecule has 0 bridgehead atoms. The van der Waals surface area contributed by atoms with Crippen LogP contribution in [0, 0.1) is 6.92 Å². The zero-order valence-electron chi connectivity index (χ0n) is 8.83. The molecule has 0 saturated heterocycles. The van der Waals surface area contributed by atoms with E-state index in [-0.39, 0.29) is 0 Å². The second kappa shape index (κ2) is 4.41. The molecule has 0 aliphatic heterocycles. The molecule has 18 heavy (non-hydrogen) atoms. The Kier molecular flexibility index (Phi) is 3.75. The summed E-state index contributed by atoms with van der Waals surface area (Å²) in [5.74, 6) is 0. The van der Waals surface area contributed by atoms with Crippen LogP contribution >= 0.6 is 15.9 Å². The number of aliphatic hydroxyl groups is 1. The Balaban J connectivity index is 3.56. The monoisotopic (exact) mass is 336 g/mol. The van der Waals surface area contributed by atoms with Gasteiger partial charge in [-0.1, -0.05) is 28.1 Å². The van der Waals surface area contributed by atoms with E-state index in [0.717, 1.165) is 12.1 Å². The minimum Gasteiger partial charge on any atom is -0.369 e. The van der Waals surface area contributed by atoms with E-state index in [9.17, 15) is 26.3 Å². The van der Waals surface area contributed by atoms with Gasteiger partial charge in [-0.2, -0.15) is 26.3 Å². The number of benzene rings is 1. The van der Waals surface area contributed by atoms with Crippen molar-refractivity contribution in [3.05, 3.63) is 33.8 Å². The van der Waals surface area contributed by atoms with Crippen molar-refractivity contribution < 1.29 is 31.4 Å². The van der Waals surface area contributed by atoms with Crippen LogP contribution in [0.3, 0.4) is 0 Å². The number of rotatable bonds is 1. The molecule has 0 atom stereocenters. The second-order valence-electron chi connectivity index (χ2n) is 3.69. The van der Waals surface area contributed by atoms with Crippen LogP contribution in [0.1, 0.15) is 11.1 Å². The summed E-state index contributed by atoms with van der Waals surface area (Å²) in [6.07, 6.45) is -11.7. The molecule has 0 aliphatic carbocycles. The number of aryl methyl sites for hydroxylation is 1. The maximum Gasteiger partial charge on any atom is 0.430 e. The zero-order valence-corrected chi connectivity index (χ0v) is 10.4. The van der Waals surface area contributed by atoms with Crippen molar-refractivity contribution in [1.29, 1.82) is 0 Å². The summed E-state index contributed by atoms with van der Waals surface area (Å²) < 4.78 is 75.0. The van der Waals surface area contributed by atoms with Crippen molar-refractivity contribution in [3.8, 4) is 0 Å². The van der Waals surface area contributed by atoms with E-state index in [1.165, 1.54) is 6.92 Å². The number of alkyl halides is 6. The molecule has 8 heteroatoms. The van der Waals surface area contributed by atoms with Gasteiger partial charge in [-0.05, 0) is 18.6 Å². The highest BCUT2D eigenvalue weighted by Crippen LogP contribution is 2.51. The summed E-state index contributed by atoms with van der Waals surface area (Å²) in [4.78, 5) is 0. The minimum atomic E-state index is -5.87. The molecular formula is C10H7BrF6O. The fourth-order valence-electron chi connectivity index (χ4n) is 1.38. The quantitative estimate of drug-likeness (QED) is 0.766. The molecule has 0 aliphatic rings. The van der Waals surface area contributed by atoms with Gasteiger partial charge >= 0.3 is 12.4 Å². The second-order valence-corrected chi connectivity index (χ2v) is 4.54. The van der Waals surface area contributed by atoms with Gasteiger partial charge in [0.1, 0.15) is 0 Å². The molecule has 0 heterocycles. The molecule has 1 rings (SSSR count). The molecule has 102 valence electrons. The first-order valence-electron chi connectivity index (χ1n) is 4.53. The Morgan fingerprint density at radius 1 is 1.00 bits per heavy atom. The molecule has 1 aromatic rings. The van der Waals surface area contributed by atoms with Crippen molar-refractivity contribution in [2.45, 2.75) is 24.9 Å². The third-order valence-corrected chi connectivity index (χ3v) is 2.99. The predicted molar refractivity (Wildman–Crippen MR) is 54.9 cm³/mol. The molecule has 0 amide bonds. The Hall–Kier alpha value is -0.760.